The Labute approximate surface area is 230 Å². The van der Waals surface area contributed by atoms with Crippen LogP contribution in [-0.2, 0) is 0 Å². The van der Waals surface area contributed by atoms with Crippen molar-refractivity contribution in [3.05, 3.63) is 48.0 Å². The molecule has 2 aromatic carbocycles. The van der Waals surface area contributed by atoms with Gasteiger partial charge in [-0.05, 0) is 61.7 Å². The molecule has 4 aromatic rings. The van der Waals surface area contributed by atoms with E-state index in [2.05, 4.69) is 25.1 Å². The Morgan fingerprint density at radius 1 is 1.05 bits per heavy atom. The topological polar surface area (TPSA) is 75.6 Å². The van der Waals surface area contributed by atoms with E-state index in [-0.39, 0.29) is 34.7 Å². The second kappa shape index (κ2) is 9.21. The molecule has 1 N–H and O–H groups in total. The molecule has 8 nitrogen and oxygen atoms in total. The van der Waals surface area contributed by atoms with Crippen LogP contribution in [0.25, 0.3) is 32.9 Å². The van der Waals surface area contributed by atoms with Crippen molar-refractivity contribution in [2.24, 2.45) is 0 Å². The van der Waals surface area contributed by atoms with Crippen LogP contribution >= 0.6 is 0 Å². The molecule has 3 fully saturated rings. The third kappa shape index (κ3) is 3.72. The van der Waals surface area contributed by atoms with Gasteiger partial charge in [-0.15, -0.1) is 0 Å². The van der Waals surface area contributed by atoms with Crippen molar-refractivity contribution in [3.63, 3.8) is 0 Å². The van der Waals surface area contributed by atoms with E-state index in [1.807, 2.05) is 18.2 Å². The smallest absolute Gasteiger partial charge is 0.319 e. The minimum absolute atomic E-state index is 0.000712. The average Bonchev–Trinajstić information content (AvgIpc) is 3.51. The normalized spacial score (nSPS) is 21.8. The first-order valence-electron chi connectivity index (χ1n) is 14.2. The lowest BCUT2D eigenvalue weighted by atomic mass is 9.95. The third-order valence-corrected chi connectivity index (χ3v) is 9.11. The maximum absolute atomic E-state index is 16.6. The SMILES string of the molecule is Fc1cc(-c2nc3c4c(nc(OCC56CCCN5CCC6)nc4c2F)N2CCNC[C@H]2CO3)c2ccccc2c1. The summed E-state index contributed by atoms with van der Waals surface area (Å²) in [6.45, 7) is 5.17. The predicted octanol–water partition coefficient (Wildman–Crippen LogP) is 4.30. The van der Waals surface area contributed by atoms with Crippen molar-refractivity contribution in [2.45, 2.75) is 37.3 Å². The van der Waals surface area contributed by atoms with Crippen LogP contribution in [0.3, 0.4) is 0 Å². The van der Waals surface area contributed by atoms with E-state index in [4.69, 9.17) is 14.5 Å². The zero-order valence-corrected chi connectivity index (χ0v) is 22.1. The molecule has 10 heteroatoms. The molecule has 0 spiro atoms. The maximum atomic E-state index is 16.6. The number of piperazine rings is 1. The number of aromatic nitrogens is 3. The van der Waals surface area contributed by atoms with E-state index in [1.165, 1.54) is 12.1 Å². The van der Waals surface area contributed by atoms with Gasteiger partial charge in [0.2, 0.25) is 5.88 Å². The largest absolute Gasteiger partial charge is 0.475 e. The fourth-order valence-electron chi connectivity index (χ4n) is 7.15. The lowest BCUT2D eigenvalue weighted by Gasteiger charge is -2.35. The van der Waals surface area contributed by atoms with Crippen molar-refractivity contribution in [1.29, 1.82) is 0 Å². The first-order valence-corrected chi connectivity index (χ1v) is 14.2. The lowest BCUT2D eigenvalue weighted by molar-refractivity contribution is 0.108. The fraction of sp³-hybridized carbons (Fsp3) is 0.433. The zero-order valence-electron chi connectivity index (χ0n) is 22.1. The van der Waals surface area contributed by atoms with Gasteiger partial charge in [0, 0.05) is 25.2 Å². The van der Waals surface area contributed by atoms with Crippen molar-refractivity contribution in [3.8, 4) is 23.1 Å². The van der Waals surface area contributed by atoms with Gasteiger partial charge in [0.15, 0.2) is 5.82 Å². The van der Waals surface area contributed by atoms with E-state index in [1.54, 1.807) is 6.07 Å². The van der Waals surface area contributed by atoms with Crippen LogP contribution in [0, 0.1) is 11.6 Å². The summed E-state index contributed by atoms with van der Waals surface area (Å²) in [6, 6.07) is 10.2. The van der Waals surface area contributed by atoms with Gasteiger partial charge in [-0.2, -0.15) is 9.97 Å². The van der Waals surface area contributed by atoms with Gasteiger partial charge in [-0.1, -0.05) is 24.3 Å². The molecule has 0 amide bonds. The second-order valence-electron chi connectivity index (χ2n) is 11.4. The maximum Gasteiger partial charge on any atom is 0.319 e. The molecule has 0 saturated carbocycles. The quantitative estimate of drug-likeness (QED) is 0.408. The van der Waals surface area contributed by atoms with E-state index in [0.717, 1.165) is 45.3 Å². The third-order valence-electron chi connectivity index (χ3n) is 9.11. The molecule has 4 aliphatic rings. The summed E-state index contributed by atoms with van der Waals surface area (Å²) in [5.41, 5.74) is 0.441. The standard InChI is InChI=1S/C30H30F2N6O2/c31-19-13-18-5-1-2-6-21(18)22(14-19)25-24(32)26-23-27(38-12-9-33-15-20(38)16-39-28(23)34-25)36-29(35-26)40-17-30-7-3-10-37(30)11-4-8-30/h1-2,5-6,13-14,20,33H,3-4,7-12,15-17H2/t20-/m0/s1. The van der Waals surface area contributed by atoms with Gasteiger partial charge in [-0.25, -0.2) is 13.8 Å². The predicted molar refractivity (Wildman–Crippen MR) is 148 cm³/mol. The Morgan fingerprint density at radius 3 is 2.77 bits per heavy atom. The Kier molecular flexibility index (Phi) is 5.57. The Hall–Kier alpha value is -3.63. The molecule has 4 aliphatic heterocycles. The van der Waals surface area contributed by atoms with Crippen LogP contribution < -0.4 is 19.7 Å². The molecule has 0 bridgehead atoms. The first kappa shape index (κ1) is 24.2. The Morgan fingerprint density at radius 2 is 1.90 bits per heavy atom. The number of nitrogens with zero attached hydrogens (tertiary/aromatic N) is 5. The van der Waals surface area contributed by atoms with E-state index in [9.17, 15) is 4.39 Å². The highest BCUT2D eigenvalue weighted by atomic mass is 19.1. The number of ether oxygens (including phenoxy) is 2. The molecule has 206 valence electrons. The number of anilines is 1. The van der Waals surface area contributed by atoms with Crippen molar-refractivity contribution >= 4 is 27.5 Å². The van der Waals surface area contributed by atoms with Crippen LogP contribution in [0.2, 0.25) is 0 Å². The summed E-state index contributed by atoms with van der Waals surface area (Å²) in [5, 5.41) is 5.20. The average molecular weight is 545 g/mol. The van der Waals surface area contributed by atoms with Gasteiger partial charge in [0.05, 0.1) is 11.6 Å². The molecule has 40 heavy (non-hydrogen) atoms. The van der Waals surface area contributed by atoms with Gasteiger partial charge in [-0.3, -0.25) is 4.90 Å². The van der Waals surface area contributed by atoms with Crippen LogP contribution in [0.5, 0.6) is 11.9 Å². The van der Waals surface area contributed by atoms with Crippen LogP contribution in [-0.4, -0.2) is 77.4 Å². The van der Waals surface area contributed by atoms with Gasteiger partial charge < -0.3 is 19.7 Å². The number of hydrogen-bond acceptors (Lipinski definition) is 8. The number of pyridine rings is 1. The molecule has 2 aromatic heterocycles. The molecule has 3 saturated heterocycles. The number of halogens is 2. The van der Waals surface area contributed by atoms with E-state index >= 15 is 4.39 Å². The molecule has 0 radical (unpaired) electrons. The first-order chi connectivity index (χ1) is 19.6. The summed E-state index contributed by atoms with van der Waals surface area (Å²) in [7, 11) is 0. The summed E-state index contributed by atoms with van der Waals surface area (Å²) >= 11 is 0. The lowest BCUT2D eigenvalue weighted by Crippen LogP contribution is -2.53. The van der Waals surface area contributed by atoms with E-state index in [0.29, 0.717) is 53.8 Å². The molecular weight excluding hydrogens is 514 g/mol. The minimum atomic E-state index is -0.637. The molecule has 1 atom stereocenters. The van der Waals surface area contributed by atoms with Crippen LogP contribution in [0.1, 0.15) is 25.7 Å². The molecular formula is C30H30F2N6O2. The van der Waals surface area contributed by atoms with Gasteiger partial charge >= 0.3 is 6.01 Å². The van der Waals surface area contributed by atoms with Crippen LogP contribution in [0.4, 0.5) is 14.6 Å². The molecule has 6 heterocycles. The van der Waals surface area contributed by atoms with Gasteiger partial charge in [0.1, 0.15) is 41.4 Å². The highest BCUT2D eigenvalue weighted by molar-refractivity contribution is 6.01. The second-order valence-corrected chi connectivity index (χ2v) is 11.4. The monoisotopic (exact) mass is 544 g/mol. The summed E-state index contributed by atoms with van der Waals surface area (Å²) < 4.78 is 43.9. The number of rotatable bonds is 4. The number of fused-ring (bicyclic) bond motifs is 4. The van der Waals surface area contributed by atoms with Crippen molar-refractivity contribution < 1.29 is 18.3 Å². The fourth-order valence-corrected chi connectivity index (χ4v) is 7.15. The Balaban J connectivity index is 1.31. The number of hydrogen-bond donors (Lipinski definition) is 1. The van der Waals surface area contributed by atoms with Crippen LogP contribution in [0.15, 0.2) is 36.4 Å². The molecule has 8 rings (SSSR count). The van der Waals surface area contributed by atoms with Crippen molar-refractivity contribution in [1.82, 2.24) is 25.2 Å². The minimum Gasteiger partial charge on any atom is -0.475 e. The molecule has 0 aliphatic carbocycles. The highest BCUT2D eigenvalue weighted by Gasteiger charge is 2.45. The van der Waals surface area contributed by atoms with E-state index < -0.39 is 11.6 Å². The molecule has 0 unspecified atom stereocenters. The highest BCUT2D eigenvalue weighted by Crippen LogP contribution is 2.43. The summed E-state index contributed by atoms with van der Waals surface area (Å²) in [4.78, 5) is 18.8. The number of benzene rings is 2. The zero-order chi connectivity index (χ0) is 26.8. The van der Waals surface area contributed by atoms with Gasteiger partial charge in [0.25, 0.3) is 0 Å². The summed E-state index contributed by atoms with van der Waals surface area (Å²) in [5.74, 6) is -0.267. The van der Waals surface area contributed by atoms with Crippen molar-refractivity contribution in [2.75, 3.05) is 50.8 Å². The Bertz CT molecular complexity index is 1640. The number of nitrogens with one attached hydrogen (secondary N) is 1. The summed E-state index contributed by atoms with van der Waals surface area (Å²) in [6.07, 6.45) is 4.48.